The number of pyridine rings is 2. The molecule has 16 heteroatoms. The second-order valence-electron chi connectivity index (χ2n) is 13.5. The molecule has 6 aromatic rings. The minimum absolute atomic E-state index is 0.0910. The number of carbonyl (C=O) groups is 1. The van der Waals surface area contributed by atoms with E-state index in [1.807, 2.05) is 48.5 Å². The number of carbonyl (C=O) groups excluding carboxylic acids is 1. The topological polar surface area (TPSA) is 138 Å². The van der Waals surface area contributed by atoms with E-state index < -0.39 is 46.9 Å². The molecule has 0 aliphatic heterocycles. The van der Waals surface area contributed by atoms with Crippen molar-refractivity contribution in [3.63, 3.8) is 0 Å². The molecule has 2 aromatic heterocycles. The highest BCUT2D eigenvalue weighted by atomic mass is 35.5. The van der Waals surface area contributed by atoms with Crippen molar-refractivity contribution in [1.82, 2.24) is 14.5 Å². The molecule has 0 radical (unpaired) electrons. The van der Waals surface area contributed by atoms with Gasteiger partial charge in [0, 0.05) is 59.9 Å². The van der Waals surface area contributed by atoms with Crippen molar-refractivity contribution in [1.29, 1.82) is 0 Å². The number of hydrogen-bond donors (Lipinski definition) is 3. The number of amides is 1. The van der Waals surface area contributed by atoms with Crippen LogP contribution in [0.15, 0.2) is 107 Å². The average molecular weight is 868 g/mol. The van der Waals surface area contributed by atoms with Crippen molar-refractivity contribution < 1.29 is 36.9 Å². The fourth-order valence-corrected chi connectivity index (χ4v) is 6.21. The van der Waals surface area contributed by atoms with Crippen molar-refractivity contribution in [3.05, 3.63) is 196 Å². The summed E-state index contributed by atoms with van der Waals surface area (Å²) in [6, 6.07) is 24.5. The second kappa shape index (κ2) is 20.9. The van der Waals surface area contributed by atoms with Crippen molar-refractivity contribution in [2.75, 3.05) is 6.61 Å². The van der Waals surface area contributed by atoms with Crippen molar-refractivity contribution in [3.8, 4) is 11.5 Å². The van der Waals surface area contributed by atoms with Gasteiger partial charge in [-0.1, -0.05) is 71.7 Å². The number of ether oxygens (including phenoxy) is 2. The molecule has 0 bridgehead atoms. The van der Waals surface area contributed by atoms with Crippen molar-refractivity contribution in [2.24, 2.45) is 5.73 Å². The number of aryl methyl sites for hydroxylation is 2. The molecule has 1 amide bonds. The fourth-order valence-electron chi connectivity index (χ4n) is 5.79. The molecule has 314 valence electrons. The van der Waals surface area contributed by atoms with Crippen LogP contribution in [0.1, 0.15) is 44.8 Å². The Bertz CT molecular complexity index is 2590. The first-order chi connectivity index (χ1) is 28.7. The first-order valence-electron chi connectivity index (χ1n) is 18.3. The molecule has 0 atom stereocenters. The summed E-state index contributed by atoms with van der Waals surface area (Å²) in [6.45, 7) is 3.89. The normalized spacial score (nSPS) is 10.8. The summed E-state index contributed by atoms with van der Waals surface area (Å²) in [5, 5.41) is 11.1. The van der Waals surface area contributed by atoms with E-state index >= 15 is 0 Å². The summed E-state index contributed by atoms with van der Waals surface area (Å²) in [6.07, 6.45) is 0. The quantitative estimate of drug-likeness (QED) is 0.0965. The Kier molecular flexibility index (Phi) is 15.7. The van der Waals surface area contributed by atoms with Gasteiger partial charge in [-0.15, -0.1) is 0 Å². The molecule has 4 N–H and O–H groups in total. The first kappa shape index (κ1) is 45.2. The maximum atomic E-state index is 13.8. The van der Waals surface area contributed by atoms with E-state index in [-0.39, 0.29) is 59.0 Å². The largest absolute Gasteiger partial charge is 0.487 e. The van der Waals surface area contributed by atoms with Gasteiger partial charge in [0.05, 0.1) is 13.1 Å². The number of aliphatic hydroxyl groups excluding tert-OH is 1. The Labute approximate surface area is 352 Å². The summed E-state index contributed by atoms with van der Waals surface area (Å²) in [4.78, 5) is 36.6. The maximum Gasteiger partial charge on any atom is 0.273 e. The maximum absolute atomic E-state index is 13.8. The van der Waals surface area contributed by atoms with Crippen LogP contribution in [-0.4, -0.2) is 26.8 Å². The lowest BCUT2D eigenvalue weighted by Crippen LogP contribution is -2.25. The zero-order valence-corrected chi connectivity index (χ0v) is 33.9. The highest BCUT2D eigenvalue weighted by Crippen LogP contribution is 2.26. The van der Waals surface area contributed by atoms with Gasteiger partial charge >= 0.3 is 0 Å². The highest BCUT2D eigenvalue weighted by molar-refractivity contribution is 6.32. The van der Waals surface area contributed by atoms with Crippen LogP contribution in [0.5, 0.6) is 11.5 Å². The van der Waals surface area contributed by atoms with Crippen LogP contribution >= 0.6 is 23.2 Å². The monoisotopic (exact) mass is 866 g/mol. The zero-order chi connectivity index (χ0) is 43.5. The molecule has 0 aliphatic rings. The number of halogens is 6. The fraction of sp³-hybridized carbons (Fsp3) is 0.205. The molecule has 0 spiro atoms. The molecular formula is C44H40Cl2F4N4O6. The van der Waals surface area contributed by atoms with Crippen LogP contribution in [0.4, 0.5) is 17.6 Å². The van der Waals surface area contributed by atoms with Gasteiger partial charge in [0.25, 0.3) is 11.1 Å². The van der Waals surface area contributed by atoms with Gasteiger partial charge in [-0.05, 0) is 60.4 Å². The number of benzene rings is 4. The van der Waals surface area contributed by atoms with E-state index in [0.29, 0.717) is 24.5 Å². The van der Waals surface area contributed by atoms with Gasteiger partial charge < -0.3 is 34.8 Å². The van der Waals surface area contributed by atoms with Crippen LogP contribution in [0.3, 0.4) is 0 Å². The Morgan fingerprint density at radius 2 is 1.05 bits per heavy atom. The van der Waals surface area contributed by atoms with Gasteiger partial charge in [-0.2, -0.15) is 0 Å². The number of nitrogens with two attached hydrogens (primary N) is 1. The third-order valence-corrected chi connectivity index (χ3v) is 9.92. The summed E-state index contributed by atoms with van der Waals surface area (Å²) in [7, 11) is 0. The van der Waals surface area contributed by atoms with Crippen LogP contribution < -0.4 is 31.6 Å². The molecule has 2 heterocycles. The lowest BCUT2D eigenvalue weighted by atomic mass is 10.1. The Hall–Kier alpha value is -5.93. The van der Waals surface area contributed by atoms with E-state index in [2.05, 4.69) is 5.32 Å². The molecule has 0 saturated heterocycles. The van der Waals surface area contributed by atoms with Gasteiger partial charge in [0.2, 0.25) is 5.91 Å². The Morgan fingerprint density at radius 3 is 1.43 bits per heavy atom. The average Bonchev–Trinajstić information content (AvgIpc) is 3.23. The van der Waals surface area contributed by atoms with Crippen LogP contribution in [-0.2, 0) is 44.2 Å². The lowest BCUT2D eigenvalue weighted by molar-refractivity contribution is -0.123. The Morgan fingerprint density at radius 1 is 0.650 bits per heavy atom. The summed E-state index contributed by atoms with van der Waals surface area (Å²) in [5.74, 6) is -3.02. The second-order valence-corrected chi connectivity index (χ2v) is 14.3. The van der Waals surface area contributed by atoms with Crippen molar-refractivity contribution in [2.45, 2.75) is 53.2 Å². The van der Waals surface area contributed by atoms with Gasteiger partial charge in [0.15, 0.2) is 0 Å². The molecule has 60 heavy (non-hydrogen) atoms. The predicted octanol–water partition coefficient (Wildman–Crippen LogP) is 7.50. The summed E-state index contributed by atoms with van der Waals surface area (Å²) >= 11 is 12.4. The van der Waals surface area contributed by atoms with E-state index in [4.69, 9.17) is 43.5 Å². The number of hydrogen-bond acceptors (Lipinski definition) is 7. The van der Waals surface area contributed by atoms with E-state index in [0.717, 1.165) is 46.5 Å². The molecule has 0 aliphatic carbocycles. The van der Waals surface area contributed by atoms with Crippen LogP contribution in [0.2, 0.25) is 10.0 Å². The predicted molar refractivity (Wildman–Crippen MR) is 220 cm³/mol. The van der Waals surface area contributed by atoms with E-state index in [9.17, 15) is 31.9 Å². The van der Waals surface area contributed by atoms with E-state index in [1.54, 1.807) is 26.0 Å². The standard InChI is InChI=1S/C23H21ClF2N2O4.C21H19ClF2N2O2/c1-14-8-20(32-13-17-6-7-18(25)9-19(17)26)22(24)23(31)28(14)11-16-4-2-15(3-5-16)10-27-21(30)12-29;1-13-8-19(28-12-16-6-7-17(23)9-18(16)24)20(22)21(27)26(13)11-15-4-2-14(10-25)3-5-15/h2-9,29H,10-13H2,1H3,(H,27,30);2-9H,10-12,25H2,1H3. The van der Waals surface area contributed by atoms with Crippen LogP contribution in [0, 0.1) is 37.1 Å². The van der Waals surface area contributed by atoms with Gasteiger partial charge in [0.1, 0.15) is 64.6 Å². The summed E-state index contributed by atoms with van der Waals surface area (Å²) in [5.41, 5.74) is 9.89. The minimum Gasteiger partial charge on any atom is -0.487 e. The summed E-state index contributed by atoms with van der Waals surface area (Å²) < 4.78 is 67.6. The number of nitrogens with zero attached hydrogens (tertiary/aromatic N) is 2. The molecule has 0 fully saturated rings. The number of aromatic nitrogens is 2. The molecule has 0 unspecified atom stereocenters. The van der Waals surface area contributed by atoms with E-state index in [1.165, 1.54) is 21.3 Å². The zero-order valence-electron chi connectivity index (χ0n) is 32.4. The molecule has 10 nitrogen and oxygen atoms in total. The molecule has 4 aromatic carbocycles. The third kappa shape index (κ3) is 11.8. The van der Waals surface area contributed by atoms with Gasteiger partial charge in [-0.25, -0.2) is 17.6 Å². The first-order valence-corrected chi connectivity index (χ1v) is 19.1. The number of rotatable bonds is 14. The highest BCUT2D eigenvalue weighted by Gasteiger charge is 2.16. The smallest absolute Gasteiger partial charge is 0.273 e. The molecule has 0 saturated carbocycles. The number of nitrogens with one attached hydrogen (secondary N) is 1. The minimum atomic E-state index is -0.745. The third-order valence-electron chi connectivity index (χ3n) is 9.22. The Balaban J connectivity index is 0.000000230. The number of aliphatic hydroxyl groups is 1. The van der Waals surface area contributed by atoms with Crippen LogP contribution in [0.25, 0.3) is 0 Å². The lowest BCUT2D eigenvalue weighted by Gasteiger charge is -2.15. The molecular weight excluding hydrogens is 827 g/mol. The molecule has 6 rings (SSSR count). The van der Waals surface area contributed by atoms with Crippen molar-refractivity contribution >= 4 is 29.1 Å². The SMILES string of the molecule is Cc1cc(OCc2ccc(F)cc2F)c(Cl)c(=O)n1Cc1ccc(CN)cc1.Cc1cc(OCc2ccc(F)cc2F)c(Cl)c(=O)n1Cc1ccc(CNC(=O)CO)cc1. The van der Waals surface area contributed by atoms with Gasteiger partial charge in [-0.3, -0.25) is 14.4 Å².